The second-order valence-electron chi connectivity index (χ2n) is 6.29. The molecular formula is C23H20. The standard InChI is InChI=1S/C23H20/c1-3-8-18(9-4-1)14-20-16-22-13-7-12-21(23(22)17-20)15-19-10-5-2-6-11-19/h1-13,17H,14-16H2. The number of benzene rings is 3. The third-order valence-electron chi connectivity index (χ3n) is 4.56. The van der Waals surface area contributed by atoms with Gasteiger partial charge in [-0.15, -0.1) is 0 Å². The molecule has 0 N–H and O–H groups in total. The van der Waals surface area contributed by atoms with Crippen molar-refractivity contribution in [2.45, 2.75) is 19.3 Å². The van der Waals surface area contributed by atoms with Gasteiger partial charge in [0.1, 0.15) is 0 Å². The lowest BCUT2D eigenvalue weighted by Gasteiger charge is -2.07. The number of fused-ring (bicyclic) bond motifs is 1. The second-order valence-corrected chi connectivity index (χ2v) is 6.29. The van der Waals surface area contributed by atoms with E-state index in [9.17, 15) is 0 Å². The topological polar surface area (TPSA) is 0 Å². The summed E-state index contributed by atoms with van der Waals surface area (Å²) in [6, 6.07) is 28.3. The van der Waals surface area contributed by atoms with Crippen molar-refractivity contribution in [3.63, 3.8) is 0 Å². The molecule has 0 atom stereocenters. The van der Waals surface area contributed by atoms with Gasteiger partial charge in [0, 0.05) is 0 Å². The maximum absolute atomic E-state index is 2.42. The number of hydrogen-bond acceptors (Lipinski definition) is 0. The van der Waals surface area contributed by atoms with Gasteiger partial charge in [-0.1, -0.05) is 90.5 Å². The molecule has 1 aliphatic carbocycles. The largest absolute Gasteiger partial charge is 0.0622 e. The predicted molar refractivity (Wildman–Crippen MR) is 97.5 cm³/mol. The first-order valence-electron chi connectivity index (χ1n) is 8.26. The maximum atomic E-state index is 2.42. The smallest absolute Gasteiger partial charge is 0.00197 e. The van der Waals surface area contributed by atoms with Crippen molar-refractivity contribution in [1.82, 2.24) is 0 Å². The van der Waals surface area contributed by atoms with Crippen LogP contribution < -0.4 is 0 Å². The summed E-state index contributed by atoms with van der Waals surface area (Å²) in [6.07, 6.45) is 5.58. The van der Waals surface area contributed by atoms with Crippen LogP contribution in [0.4, 0.5) is 0 Å². The first-order chi connectivity index (χ1) is 11.4. The van der Waals surface area contributed by atoms with Crippen molar-refractivity contribution in [3.8, 4) is 0 Å². The lowest BCUT2D eigenvalue weighted by atomic mass is 9.97. The minimum Gasteiger partial charge on any atom is -0.0622 e. The summed E-state index contributed by atoms with van der Waals surface area (Å²) < 4.78 is 0. The van der Waals surface area contributed by atoms with E-state index >= 15 is 0 Å². The van der Waals surface area contributed by atoms with Gasteiger partial charge in [-0.2, -0.15) is 0 Å². The Labute approximate surface area is 138 Å². The molecule has 0 spiro atoms. The van der Waals surface area contributed by atoms with E-state index < -0.39 is 0 Å². The Balaban J connectivity index is 1.60. The summed E-state index contributed by atoms with van der Waals surface area (Å²) in [5.74, 6) is 0. The van der Waals surface area contributed by atoms with Crippen molar-refractivity contribution < 1.29 is 0 Å². The lowest BCUT2D eigenvalue weighted by molar-refractivity contribution is 1.07. The summed E-state index contributed by atoms with van der Waals surface area (Å²) in [5, 5.41) is 0. The van der Waals surface area contributed by atoms with E-state index in [-0.39, 0.29) is 0 Å². The molecule has 0 unspecified atom stereocenters. The van der Waals surface area contributed by atoms with Crippen LogP contribution in [0, 0.1) is 0 Å². The molecule has 0 saturated heterocycles. The predicted octanol–water partition coefficient (Wildman–Crippen LogP) is 5.46. The second kappa shape index (κ2) is 6.26. The number of hydrogen-bond donors (Lipinski definition) is 0. The van der Waals surface area contributed by atoms with E-state index in [1.54, 1.807) is 0 Å². The molecule has 0 amide bonds. The average molecular weight is 296 g/mol. The molecule has 3 aromatic rings. The highest BCUT2D eigenvalue weighted by atomic mass is 14.2. The number of rotatable bonds is 4. The fourth-order valence-corrected chi connectivity index (χ4v) is 3.45. The summed E-state index contributed by atoms with van der Waals surface area (Å²) in [6.45, 7) is 0. The lowest BCUT2D eigenvalue weighted by Crippen LogP contribution is -1.93. The van der Waals surface area contributed by atoms with Crippen LogP contribution >= 0.6 is 0 Å². The Hall–Kier alpha value is -2.60. The molecule has 0 heterocycles. The minimum absolute atomic E-state index is 1.01. The highest BCUT2D eigenvalue weighted by molar-refractivity contribution is 5.67. The van der Waals surface area contributed by atoms with Crippen molar-refractivity contribution in [2.24, 2.45) is 0 Å². The van der Waals surface area contributed by atoms with Gasteiger partial charge in [0.05, 0.1) is 0 Å². The highest BCUT2D eigenvalue weighted by Crippen LogP contribution is 2.31. The molecule has 3 aromatic carbocycles. The molecular weight excluding hydrogens is 276 g/mol. The zero-order chi connectivity index (χ0) is 15.5. The minimum atomic E-state index is 1.01. The Morgan fingerprint density at radius 3 is 1.96 bits per heavy atom. The summed E-state index contributed by atoms with van der Waals surface area (Å²) in [5.41, 5.74) is 8.66. The molecule has 4 rings (SSSR count). The maximum Gasteiger partial charge on any atom is -0.00197 e. The van der Waals surface area contributed by atoms with Crippen LogP contribution in [0.5, 0.6) is 0 Å². The van der Waals surface area contributed by atoms with E-state index in [2.05, 4.69) is 84.9 Å². The van der Waals surface area contributed by atoms with Crippen LogP contribution in [0.3, 0.4) is 0 Å². The Bertz CT molecular complexity index is 826. The van der Waals surface area contributed by atoms with Gasteiger partial charge in [0.25, 0.3) is 0 Å². The van der Waals surface area contributed by atoms with Gasteiger partial charge in [0.15, 0.2) is 0 Å². The fourth-order valence-electron chi connectivity index (χ4n) is 3.45. The summed E-state index contributed by atoms with van der Waals surface area (Å²) in [7, 11) is 0. The zero-order valence-electron chi connectivity index (χ0n) is 13.2. The summed E-state index contributed by atoms with van der Waals surface area (Å²) >= 11 is 0. The fraction of sp³-hybridized carbons (Fsp3) is 0.130. The molecule has 0 aromatic heterocycles. The zero-order valence-corrected chi connectivity index (χ0v) is 13.2. The Morgan fingerprint density at radius 2 is 1.26 bits per heavy atom. The van der Waals surface area contributed by atoms with Crippen molar-refractivity contribution in [3.05, 3.63) is 112 Å². The van der Waals surface area contributed by atoms with Gasteiger partial charge >= 0.3 is 0 Å². The summed E-state index contributed by atoms with van der Waals surface area (Å²) in [4.78, 5) is 0. The third-order valence-corrected chi connectivity index (χ3v) is 4.56. The van der Waals surface area contributed by atoms with Gasteiger partial charge in [-0.25, -0.2) is 0 Å². The van der Waals surface area contributed by atoms with Crippen LogP contribution in [0.2, 0.25) is 0 Å². The Morgan fingerprint density at radius 1 is 0.609 bits per heavy atom. The molecule has 112 valence electrons. The Kier molecular flexibility index (Phi) is 3.81. The first-order valence-corrected chi connectivity index (χ1v) is 8.26. The molecule has 1 aliphatic rings. The normalized spacial score (nSPS) is 12.8. The molecule has 23 heavy (non-hydrogen) atoms. The van der Waals surface area contributed by atoms with E-state index in [0.29, 0.717) is 0 Å². The van der Waals surface area contributed by atoms with Gasteiger partial charge < -0.3 is 0 Å². The molecule has 0 heteroatoms. The van der Waals surface area contributed by atoms with Crippen LogP contribution in [-0.2, 0) is 19.3 Å². The molecule has 0 radical (unpaired) electrons. The van der Waals surface area contributed by atoms with E-state index in [1.807, 2.05) is 0 Å². The molecule has 0 nitrogen and oxygen atoms in total. The molecule has 0 saturated carbocycles. The van der Waals surface area contributed by atoms with Crippen molar-refractivity contribution in [2.75, 3.05) is 0 Å². The van der Waals surface area contributed by atoms with Crippen LogP contribution in [-0.4, -0.2) is 0 Å². The van der Waals surface area contributed by atoms with E-state index in [1.165, 1.54) is 33.4 Å². The SMILES string of the molecule is C1=C(Cc2ccccc2)Cc2cccc(Cc3ccccc3)c21. The van der Waals surface area contributed by atoms with Crippen molar-refractivity contribution in [1.29, 1.82) is 0 Å². The van der Waals surface area contributed by atoms with E-state index in [0.717, 1.165) is 19.3 Å². The molecule has 0 fully saturated rings. The van der Waals surface area contributed by atoms with Gasteiger partial charge in [0.2, 0.25) is 0 Å². The average Bonchev–Trinajstić information content (AvgIpc) is 3.00. The van der Waals surface area contributed by atoms with Gasteiger partial charge in [-0.3, -0.25) is 0 Å². The van der Waals surface area contributed by atoms with Crippen LogP contribution in [0.25, 0.3) is 6.08 Å². The van der Waals surface area contributed by atoms with Crippen molar-refractivity contribution >= 4 is 6.08 Å². The third kappa shape index (κ3) is 3.12. The quantitative estimate of drug-likeness (QED) is 0.599. The highest BCUT2D eigenvalue weighted by Gasteiger charge is 2.16. The molecule has 0 aliphatic heterocycles. The number of allylic oxidation sites excluding steroid dienone is 1. The van der Waals surface area contributed by atoms with Crippen LogP contribution in [0.15, 0.2) is 84.4 Å². The van der Waals surface area contributed by atoms with Crippen LogP contribution in [0.1, 0.15) is 27.8 Å². The monoisotopic (exact) mass is 296 g/mol. The van der Waals surface area contributed by atoms with E-state index in [4.69, 9.17) is 0 Å². The first kappa shape index (κ1) is 14.0. The van der Waals surface area contributed by atoms with Gasteiger partial charge in [-0.05, 0) is 47.1 Å². The molecule has 0 bridgehead atoms.